The van der Waals surface area contributed by atoms with E-state index in [0.717, 1.165) is 35.8 Å². The number of carbonyl (C=O) groups excluding carboxylic acids is 1. The van der Waals surface area contributed by atoms with Crippen LogP contribution in [0.3, 0.4) is 0 Å². The third-order valence-corrected chi connectivity index (χ3v) is 6.06. The van der Waals surface area contributed by atoms with E-state index in [1.807, 2.05) is 48.5 Å². The Morgan fingerprint density at radius 1 is 1.12 bits per heavy atom. The molecule has 0 atom stereocenters. The van der Waals surface area contributed by atoms with Crippen molar-refractivity contribution in [2.24, 2.45) is 5.73 Å². The van der Waals surface area contributed by atoms with E-state index in [1.165, 1.54) is 4.70 Å². The highest BCUT2D eigenvalue weighted by Gasteiger charge is 2.40. The van der Waals surface area contributed by atoms with Crippen LogP contribution in [-0.2, 0) is 11.3 Å². The van der Waals surface area contributed by atoms with Crippen molar-refractivity contribution in [3.63, 3.8) is 0 Å². The van der Waals surface area contributed by atoms with E-state index in [2.05, 4.69) is 16.3 Å². The van der Waals surface area contributed by atoms with Crippen molar-refractivity contribution in [2.45, 2.75) is 24.9 Å². The number of hydrogen-bond donors (Lipinski definition) is 2. The first-order valence-electron chi connectivity index (χ1n) is 8.85. The number of piperidine rings is 1. The van der Waals surface area contributed by atoms with Gasteiger partial charge in [0.05, 0.1) is 16.8 Å². The third-order valence-electron chi connectivity index (χ3n) is 5.04. The van der Waals surface area contributed by atoms with Crippen LogP contribution in [0.2, 0.25) is 0 Å². The van der Waals surface area contributed by atoms with Crippen molar-refractivity contribution < 1.29 is 4.79 Å². The molecule has 26 heavy (non-hydrogen) atoms. The Hall–Kier alpha value is -2.44. The van der Waals surface area contributed by atoms with Crippen LogP contribution >= 0.6 is 11.3 Å². The first kappa shape index (κ1) is 17.0. The minimum atomic E-state index is -0.675. The van der Waals surface area contributed by atoms with Gasteiger partial charge in [-0.2, -0.15) is 0 Å². The molecule has 0 radical (unpaired) electrons. The molecular weight excluding hydrogens is 344 g/mol. The van der Waals surface area contributed by atoms with Gasteiger partial charge in [-0.15, -0.1) is 11.3 Å². The molecule has 0 spiro atoms. The van der Waals surface area contributed by atoms with Crippen LogP contribution in [0.5, 0.6) is 0 Å². The molecule has 3 N–H and O–H groups in total. The summed E-state index contributed by atoms with van der Waals surface area (Å²) in [6.45, 7) is 2.46. The van der Waals surface area contributed by atoms with Gasteiger partial charge < -0.3 is 11.1 Å². The van der Waals surface area contributed by atoms with Crippen molar-refractivity contribution in [3.05, 3.63) is 59.6 Å². The summed E-state index contributed by atoms with van der Waals surface area (Å²) < 4.78 is 1.22. The topological polar surface area (TPSA) is 71.2 Å². The molecule has 0 aliphatic carbocycles. The van der Waals surface area contributed by atoms with Crippen molar-refractivity contribution in [1.29, 1.82) is 0 Å². The molecule has 1 fully saturated rings. The largest absolute Gasteiger partial charge is 0.371 e. The van der Waals surface area contributed by atoms with Gasteiger partial charge in [-0.1, -0.05) is 30.3 Å². The van der Waals surface area contributed by atoms with Gasteiger partial charge in [0.15, 0.2) is 0 Å². The summed E-state index contributed by atoms with van der Waals surface area (Å²) in [7, 11) is 0. The Morgan fingerprint density at radius 3 is 2.50 bits per heavy atom. The number of hydrogen-bond acceptors (Lipinski definition) is 5. The first-order valence-corrected chi connectivity index (χ1v) is 9.66. The maximum atomic E-state index is 12.2. The van der Waals surface area contributed by atoms with Crippen molar-refractivity contribution in [1.82, 2.24) is 9.88 Å². The van der Waals surface area contributed by atoms with Gasteiger partial charge in [0.25, 0.3) is 0 Å². The average Bonchev–Trinajstić information content (AvgIpc) is 3.06. The molecule has 0 saturated carbocycles. The first-order chi connectivity index (χ1) is 12.6. The van der Waals surface area contributed by atoms with E-state index in [4.69, 9.17) is 10.7 Å². The van der Waals surface area contributed by atoms with Gasteiger partial charge in [-0.3, -0.25) is 9.69 Å². The number of thiazole rings is 1. The zero-order valence-corrected chi connectivity index (χ0v) is 15.3. The number of anilines is 1. The molecule has 4 rings (SSSR count). The van der Waals surface area contributed by atoms with Crippen LogP contribution in [0.25, 0.3) is 10.2 Å². The second kappa shape index (κ2) is 7.05. The zero-order chi connectivity index (χ0) is 18.0. The summed E-state index contributed by atoms with van der Waals surface area (Å²) in [5.74, 6) is -0.277. The van der Waals surface area contributed by atoms with Gasteiger partial charge in [-0.25, -0.2) is 4.98 Å². The molecule has 1 aromatic heterocycles. The lowest BCUT2D eigenvalue weighted by molar-refractivity contribution is -0.123. The lowest BCUT2D eigenvalue weighted by atomic mass is 9.86. The molecule has 5 nitrogen and oxygen atoms in total. The summed E-state index contributed by atoms with van der Waals surface area (Å²) in [5.41, 5.74) is 7.09. The Balaban J connectivity index is 1.43. The van der Waals surface area contributed by atoms with E-state index < -0.39 is 5.54 Å². The van der Waals surface area contributed by atoms with Crippen LogP contribution in [-0.4, -0.2) is 34.4 Å². The summed E-state index contributed by atoms with van der Waals surface area (Å²) in [6, 6.07) is 18.0. The van der Waals surface area contributed by atoms with E-state index >= 15 is 0 Å². The lowest BCUT2D eigenvalue weighted by Crippen LogP contribution is -2.56. The minimum absolute atomic E-state index is 0.277. The van der Waals surface area contributed by atoms with Gasteiger partial charge in [-0.05, 0) is 37.1 Å². The molecule has 1 amide bonds. The fraction of sp³-hybridized carbons (Fsp3) is 0.300. The fourth-order valence-electron chi connectivity index (χ4n) is 3.50. The molecule has 134 valence electrons. The number of fused-ring (bicyclic) bond motifs is 1. The maximum Gasteiger partial charge on any atom is 0.243 e. The Labute approximate surface area is 156 Å². The number of amides is 1. The number of nitrogens with zero attached hydrogens (tertiary/aromatic N) is 2. The van der Waals surface area contributed by atoms with E-state index in [0.29, 0.717) is 12.8 Å². The Kier molecular flexibility index (Phi) is 4.61. The molecule has 0 unspecified atom stereocenters. The predicted molar refractivity (Wildman–Crippen MR) is 106 cm³/mol. The van der Waals surface area contributed by atoms with Crippen molar-refractivity contribution >= 4 is 33.1 Å². The molecule has 2 heterocycles. The summed E-state index contributed by atoms with van der Waals surface area (Å²) in [4.78, 5) is 19.3. The van der Waals surface area contributed by atoms with Crippen LogP contribution in [0.1, 0.15) is 17.8 Å². The van der Waals surface area contributed by atoms with Crippen LogP contribution in [0.15, 0.2) is 54.6 Å². The highest BCUT2D eigenvalue weighted by atomic mass is 32.1. The number of para-hydroxylation sites is 2. The molecule has 1 aliphatic heterocycles. The average molecular weight is 366 g/mol. The molecule has 1 aliphatic rings. The number of aromatic nitrogens is 1. The van der Waals surface area contributed by atoms with Crippen molar-refractivity contribution in [3.8, 4) is 0 Å². The number of benzene rings is 2. The van der Waals surface area contributed by atoms with Crippen LogP contribution in [0, 0.1) is 0 Å². The molecule has 6 heteroatoms. The smallest absolute Gasteiger partial charge is 0.243 e. The summed E-state index contributed by atoms with van der Waals surface area (Å²) >= 11 is 1.74. The standard InChI is InChI=1S/C20H22N4OS/c21-19(25)20(23-15-6-2-1-3-7-15)10-12-24(13-11-20)14-18-22-16-8-4-5-9-17(16)26-18/h1-9,23H,10-14H2,(H2,21,25). The van der Waals surface area contributed by atoms with E-state index in [9.17, 15) is 4.79 Å². The monoisotopic (exact) mass is 366 g/mol. The summed E-state index contributed by atoms with van der Waals surface area (Å²) in [5, 5.41) is 4.50. The number of carbonyl (C=O) groups is 1. The van der Waals surface area contributed by atoms with Gasteiger partial charge in [0.1, 0.15) is 10.5 Å². The molecule has 3 aromatic rings. The van der Waals surface area contributed by atoms with Gasteiger partial charge in [0, 0.05) is 18.8 Å². The van der Waals surface area contributed by atoms with Crippen molar-refractivity contribution in [2.75, 3.05) is 18.4 Å². The zero-order valence-electron chi connectivity index (χ0n) is 14.5. The minimum Gasteiger partial charge on any atom is -0.371 e. The molecule has 2 aromatic carbocycles. The maximum absolute atomic E-state index is 12.2. The molecule has 1 saturated heterocycles. The highest BCUT2D eigenvalue weighted by molar-refractivity contribution is 7.18. The van der Waals surface area contributed by atoms with Gasteiger partial charge >= 0.3 is 0 Å². The van der Waals surface area contributed by atoms with Crippen LogP contribution < -0.4 is 11.1 Å². The normalized spacial score (nSPS) is 17.2. The second-order valence-electron chi connectivity index (χ2n) is 6.79. The SMILES string of the molecule is NC(=O)C1(Nc2ccccc2)CCN(Cc2nc3ccccc3s2)CC1. The summed E-state index contributed by atoms with van der Waals surface area (Å²) in [6.07, 6.45) is 1.39. The number of likely N-dealkylation sites (tertiary alicyclic amines) is 1. The molecule has 0 bridgehead atoms. The molecular formula is C20H22N4OS. The lowest BCUT2D eigenvalue weighted by Gasteiger charge is -2.40. The Bertz CT molecular complexity index is 867. The van der Waals surface area contributed by atoms with Crippen LogP contribution in [0.4, 0.5) is 5.69 Å². The Morgan fingerprint density at radius 2 is 1.81 bits per heavy atom. The van der Waals surface area contributed by atoms with E-state index in [-0.39, 0.29) is 5.91 Å². The highest BCUT2D eigenvalue weighted by Crippen LogP contribution is 2.29. The third kappa shape index (κ3) is 3.43. The van der Waals surface area contributed by atoms with E-state index in [1.54, 1.807) is 11.3 Å². The predicted octanol–water partition coefficient (Wildman–Crippen LogP) is 3.23. The quantitative estimate of drug-likeness (QED) is 0.727. The number of nitrogens with two attached hydrogens (primary N) is 1. The number of nitrogens with one attached hydrogen (secondary N) is 1. The van der Waals surface area contributed by atoms with Gasteiger partial charge in [0.2, 0.25) is 5.91 Å². The number of primary amides is 1. The number of rotatable bonds is 5. The second-order valence-corrected chi connectivity index (χ2v) is 7.90. The fourth-order valence-corrected chi connectivity index (χ4v) is 4.51.